The largest absolute Gasteiger partial charge is 0.379 e. The van der Waals surface area contributed by atoms with Gasteiger partial charge < -0.3 is 10.1 Å². The van der Waals surface area contributed by atoms with Crippen molar-refractivity contribution in [3.05, 3.63) is 29.8 Å². The van der Waals surface area contributed by atoms with Crippen LogP contribution >= 0.6 is 0 Å². The number of carbonyl (C=O) groups excluding carboxylic acids is 1. The van der Waals surface area contributed by atoms with E-state index in [4.69, 9.17) is 4.74 Å². The van der Waals surface area contributed by atoms with Crippen LogP contribution < -0.4 is 5.32 Å². The molecule has 0 aromatic heterocycles. The van der Waals surface area contributed by atoms with E-state index >= 15 is 0 Å². The highest BCUT2D eigenvalue weighted by molar-refractivity contribution is 7.89. The van der Waals surface area contributed by atoms with Crippen molar-refractivity contribution < 1.29 is 17.9 Å². The average Bonchev–Trinajstić information content (AvgIpc) is 3.46. The topological polar surface area (TPSA) is 75.7 Å². The minimum absolute atomic E-state index is 0.0596. The van der Waals surface area contributed by atoms with Crippen LogP contribution in [0.5, 0.6) is 0 Å². The Morgan fingerprint density at radius 2 is 1.88 bits per heavy atom. The molecule has 1 aromatic carbocycles. The van der Waals surface area contributed by atoms with Gasteiger partial charge in [0.1, 0.15) is 0 Å². The van der Waals surface area contributed by atoms with Crippen molar-refractivity contribution in [2.75, 3.05) is 26.3 Å². The Kier molecular flexibility index (Phi) is 5.76. The van der Waals surface area contributed by atoms with E-state index in [-0.39, 0.29) is 11.9 Å². The maximum atomic E-state index is 12.6. The van der Waals surface area contributed by atoms with Crippen LogP contribution in [0.4, 0.5) is 0 Å². The van der Waals surface area contributed by atoms with Gasteiger partial charge in [-0.2, -0.15) is 4.31 Å². The molecule has 1 N–H and O–H groups in total. The van der Waals surface area contributed by atoms with Gasteiger partial charge in [0.2, 0.25) is 15.9 Å². The third kappa shape index (κ3) is 4.80. The van der Waals surface area contributed by atoms with Crippen LogP contribution in [0, 0.1) is 5.92 Å². The van der Waals surface area contributed by atoms with Gasteiger partial charge in [0, 0.05) is 25.6 Å². The molecule has 1 amide bonds. The van der Waals surface area contributed by atoms with Gasteiger partial charge in [-0.15, -0.1) is 0 Å². The SMILES string of the molecule is CC(NC(=O)CCc1ccc(S(=O)(=O)N2CCOCC2)cc1)C1CC1. The number of nitrogens with zero attached hydrogens (tertiary/aromatic N) is 1. The summed E-state index contributed by atoms with van der Waals surface area (Å²) in [5.74, 6) is 0.707. The summed E-state index contributed by atoms with van der Waals surface area (Å²) in [5.41, 5.74) is 0.968. The molecule has 25 heavy (non-hydrogen) atoms. The molecule has 1 aromatic rings. The molecule has 1 aliphatic carbocycles. The maximum Gasteiger partial charge on any atom is 0.243 e. The number of hydrogen-bond acceptors (Lipinski definition) is 4. The van der Waals surface area contributed by atoms with E-state index in [9.17, 15) is 13.2 Å². The second-order valence-electron chi connectivity index (χ2n) is 6.85. The lowest BCUT2D eigenvalue weighted by Crippen LogP contribution is -2.40. The molecule has 0 radical (unpaired) electrons. The monoisotopic (exact) mass is 366 g/mol. The molecule has 3 rings (SSSR count). The van der Waals surface area contributed by atoms with E-state index in [0.717, 1.165) is 5.56 Å². The third-order valence-electron chi connectivity index (χ3n) is 4.89. The Labute approximate surface area is 149 Å². The van der Waals surface area contributed by atoms with Crippen LogP contribution in [-0.2, 0) is 26.0 Å². The number of sulfonamides is 1. The Morgan fingerprint density at radius 1 is 1.24 bits per heavy atom. The van der Waals surface area contributed by atoms with E-state index in [2.05, 4.69) is 12.2 Å². The zero-order chi connectivity index (χ0) is 17.9. The molecule has 7 heteroatoms. The molecule has 1 heterocycles. The number of amides is 1. The first-order valence-corrected chi connectivity index (χ1v) is 10.4. The van der Waals surface area contributed by atoms with Crippen LogP contribution in [0.2, 0.25) is 0 Å². The molecule has 2 aliphatic rings. The van der Waals surface area contributed by atoms with Gasteiger partial charge in [-0.1, -0.05) is 12.1 Å². The average molecular weight is 366 g/mol. The molecule has 1 atom stereocenters. The lowest BCUT2D eigenvalue weighted by atomic mass is 10.1. The number of morpholine rings is 1. The minimum atomic E-state index is -3.45. The molecule has 0 spiro atoms. The summed E-state index contributed by atoms with van der Waals surface area (Å²) in [7, 11) is -3.45. The Hall–Kier alpha value is -1.44. The second kappa shape index (κ2) is 7.85. The van der Waals surface area contributed by atoms with Gasteiger partial charge in [0.05, 0.1) is 18.1 Å². The summed E-state index contributed by atoms with van der Waals surface area (Å²) in [6.45, 7) is 3.71. The number of aryl methyl sites for hydroxylation is 1. The van der Waals surface area contributed by atoms with Crippen molar-refractivity contribution in [2.24, 2.45) is 5.92 Å². The summed E-state index contributed by atoms with van der Waals surface area (Å²) in [5, 5.41) is 3.04. The fourth-order valence-corrected chi connectivity index (χ4v) is 4.47. The highest BCUT2D eigenvalue weighted by Gasteiger charge is 2.29. The van der Waals surface area contributed by atoms with Crippen molar-refractivity contribution in [2.45, 2.75) is 43.5 Å². The molecule has 1 saturated carbocycles. The summed E-state index contributed by atoms with van der Waals surface area (Å²) in [4.78, 5) is 12.3. The van der Waals surface area contributed by atoms with Crippen LogP contribution in [0.25, 0.3) is 0 Å². The Bertz CT molecular complexity index is 692. The minimum Gasteiger partial charge on any atom is -0.379 e. The van der Waals surface area contributed by atoms with E-state index < -0.39 is 10.0 Å². The van der Waals surface area contributed by atoms with Gasteiger partial charge >= 0.3 is 0 Å². The summed E-state index contributed by atoms with van der Waals surface area (Å²) in [6.07, 6.45) is 3.45. The Morgan fingerprint density at radius 3 is 2.48 bits per heavy atom. The number of benzene rings is 1. The molecule has 138 valence electrons. The first-order chi connectivity index (χ1) is 12.0. The molecular weight excluding hydrogens is 340 g/mol. The summed E-state index contributed by atoms with van der Waals surface area (Å²) in [6, 6.07) is 7.11. The van der Waals surface area contributed by atoms with Gasteiger partial charge in [-0.25, -0.2) is 8.42 Å². The smallest absolute Gasteiger partial charge is 0.243 e. The molecule has 1 aliphatic heterocycles. The molecule has 1 saturated heterocycles. The predicted molar refractivity (Wildman–Crippen MR) is 94.7 cm³/mol. The number of hydrogen-bond donors (Lipinski definition) is 1. The first-order valence-electron chi connectivity index (χ1n) is 8.93. The van der Waals surface area contributed by atoms with Gasteiger partial charge in [0.25, 0.3) is 0 Å². The van der Waals surface area contributed by atoms with Crippen LogP contribution in [0.15, 0.2) is 29.2 Å². The van der Waals surface area contributed by atoms with Crippen LogP contribution in [-0.4, -0.2) is 51.0 Å². The molecular formula is C18H26N2O4S. The standard InChI is InChI=1S/C18H26N2O4S/c1-14(16-5-6-16)19-18(21)9-4-15-2-7-17(8-3-15)25(22,23)20-10-12-24-13-11-20/h2-3,7-8,14,16H,4-6,9-13H2,1H3,(H,19,21). The quantitative estimate of drug-likeness (QED) is 0.794. The molecule has 0 bridgehead atoms. The normalized spacial score (nSPS) is 20.2. The summed E-state index contributed by atoms with van der Waals surface area (Å²) >= 11 is 0. The van der Waals surface area contributed by atoms with Crippen LogP contribution in [0.1, 0.15) is 31.7 Å². The zero-order valence-electron chi connectivity index (χ0n) is 14.6. The molecule has 1 unspecified atom stereocenters. The highest BCUT2D eigenvalue weighted by atomic mass is 32.2. The van der Waals surface area contributed by atoms with Crippen molar-refractivity contribution in [1.82, 2.24) is 9.62 Å². The lowest BCUT2D eigenvalue weighted by molar-refractivity contribution is -0.121. The molecule has 6 nitrogen and oxygen atoms in total. The fraction of sp³-hybridized carbons (Fsp3) is 0.611. The van der Waals surface area contributed by atoms with E-state index in [0.29, 0.717) is 50.0 Å². The van der Waals surface area contributed by atoms with Crippen molar-refractivity contribution in [1.29, 1.82) is 0 Å². The fourth-order valence-electron chi connectivity index (χ4n) is 3.06. The first kappa shape index (κ1) is 18.4. The Balaban J connectivity index is 1.53. The number of nitrogens with one attached hydrogen (secondary N) is 1. The van der Waals surface area contributed by atoms with E-state index in [1.54, 1.807) is 24.3 Å². The second-order valence-corrected chi connectivity index (χ2v) is 8.79. The van der Waals surface area contributed by atoms with Crippen molar-refractivity contribution in [3.8, 4) is 0 Å². The summed E-state index contributed by atoms with van der Waals surface area (Å²) < 4.78 is 31.8. The van der Waals surface area contributed by atoms with E-state index in [1.165, 1.54) is 17.1 Å². The number of rotatable bonds is 7. The molecule has 2 fully saturated rings. The zero-order valence-corrected chi connectivity index (χ0v) is 15.4. The number of ether oxygens (including phenoxy) is 1. The van der Waals surface area contributed by atoms with Gasteiger partial charge in [-0.05, 0) is 49.8 Å². The van der Waals surface area contributed by atoms with Crippen LogP contribution in [0.3, 0.4) is 0 Å². The van der Waals surface area contributed by atoms with Gasteiger partial charge in [0.15, 0.2) is 0 Å². The third-order valence-corrected chi connectivity index (χ3v) is 6.80. The predicted octanol–water partition coefficient (Wildman–Crippen LogP) is 1.55. The highest BCUT2D eigenvalue weighted by Crippen LogP contribution is 2.32. The lowest BCUT2D eigenvalue weighted by Gasteiger charge is -2.26. The number of carbonyl (C=O) groups is 1. The van der Waals surface area contributed by atoms with Crippen molar-refractivity contribution in [3.63, 3.8) is 0 Å². The maximum absolute atomic E-state index is 12.6. The van der Waals surface area contributed by atoms with Gasteiger partial charge in [-0.3, -0.25) is 4.79 Å². The van der Waals surface area contributed by atoms with Crippen molar-refractivity contribution >= 4 is 15.9 Å². The van der Waals surface area contributed by atoms with E-state index in [1.807, 2.05) is 0 Å².